The molecule has 1 aromatic heterocycles. The third-order valence-corrected chi connectivity index (χ3v) is 3.28. The molecule has 13 heteroatoms. The number of oxazole rings is 1. The number of aryl methyl sites for hydroxylation is 1. The van der Waals surface area contributed by atoms with E-state index < -0.39 is 36.7 Å². The third-order valence-electron chi connectivity index (χ3n) is 3.28. The molecular weight excluding hydrogens is 388 g/mol. The second-order valence-corrected chi connectivity index (χ2v) is 5.24. The number of aliphatic carboxylic acids is 1. The lowest BCUT2D eigenvalue weighted by atomic mass is 10.2. The molecule has 0 fully saturated rings. The number of carbonyl (C=O) groups is 1. The minimum absolute atomic E-state index is 0.00329. The molecule has 0 saturated carbocycles. The quantitative estimate of drug-likeness (QED) is 0.671. The van der Waals surface area contributed by atoms with Crippen LogP contribution in [-0.2, 0) is 18.4 Å². The van der Waals surface area contributed by atoms with Gasteiger partial charge in [0, 0.05) is 20.1 Å². The van der Waals surface area contributed by atoms with E-state index in [0.717, 1.165) is 0 Å². The van der Waals surface area contributed by atoms with E-state index in [1.807, 2.05) is 0 Å². The molecule has 0 aliphatic carbocycles. The molecule has 7 nitrogen and oxygen atoms in total. The first-order valence-electron chi connectivity index (χ1n) is 7.16. The summed E-state index contributed by atoms with van der Waals surface area (Å²) in [6.45, 7) is -0.535. The van der Waals surface area contributed by atoms with E-state index in [-0.39, 0.29) is 6.54 Å². The summed E-state index contributed by atoms with van der Waals surface area (Å²) in [5.74, 6) is -3.27. The molecule has 1 atom stereocenters. The molecule has 0 radical (unpaired) electrons. The molecule has 1 heterocycles. The maximum atomic E-state index is 12.5. The zero-order valence-corrected chi connectivity index (χ0v) is 13.7. The first-order chi connectivity index (χ1) is 12.3. The Balaban J connectivity index is 0.000000445. The van der Waals surface area contributed by atoms with Crippen LogP contribution in [0.15, 0.2) is 27.4 Å². The van der Waals surface area contributed by atoms with Gasteiger partial charge < -0.3 is 20.6 Å². The van der Waals surface area contributed by atoms with Crippen molar-refractivity contribution in [3.05, 3.63) is 34.3 Å². The summed E-state index contributed by atoms with van der Waals surface area (Å²) in [6.07, 6.45) is -9.47. The number of carboxylic acids is 1. The van der Waals surface area contributed by atoms with Crippen molar-refractivity contribution in [3.8, 4) is 0 Å². The highest BCUT2D eigenvalue weighted by Gasteiger charge is 2.38. The van der Waals surface area contributed by atoms with Crippen LogP contribution in [0.2, 0.25) is 0 Å². The fourth-order valence-electron chi connectivity index (χ4n) is 1.86. The Kier molecular flexibility index (Phi) is 7.03. The van der Waals surface area contributed by atoms with Gasteiger partial charge in [0.2, 0.25) is 0 Å². The monoisotopic (exact) mass is 403 g/mol. The zero-order valence-electron chi connectivity index (χ0n) is 13.7. The number of carboxylic acid groups (broad SMARTS) is 1. The lowest BCUT2D eigenvalue weighted by Crippen LogP contribution is -2.47. The van der Waals surface area contributed by atoms with Crippen LogP contribution in [0.25, 0.3) is 11.1 Å². The van der Waals surface area contributed by atoms with Crippen molar-refractivity contribution >= 4 is 17.1 Å². The Morgan fingerprint density at radius 3 is 2.30 bits per heavy atom. The van der Waals surface area contributed by atoms with E-state index >= 15 is 0 Å². The molecule has 0 saturated heterocycles. The van der Waals surface area contributed by atoms with E-state index in [9.17, 15) is 31.1 Å². The van der Waals surface area contributed by atoms with Crippen molar-refractivity contribution < 1.29 is 40.7 Å². The smallest absolute Gasteiger partial charge is 0.475 e. The molecule has 1 unspecified atom stereocenters. The SMILES string of the molecule is Cn1c(=O)oc2ccc(CNC(CN)C(F)(F)F)cc21.O=C(O)C(F)(F)F. The largest absolute Gasteiger partial charge is 0.490 e. The number of nitrogens with two attached hydrogens (primary N) is 1. The fraction of sp³-hybridized carbons (Fsp3) is 0.429. The lowest BCUT2D eigenvalue weighted by Gasteiger charge is -2.19. The first-order valence-corrected chi connectivity index (χ1v) is 7.16. The van der Waals surface area contributed by atoms with Crippen LogP contribution in [0.3, 0.4) is 0 Å². The Bertz CT molecular complexity index is 840. The Labute approximate surface area is 147 Å². The van der Waals surface area contributed by atoms with Crippen LogP contribution in [-0.4, -0.2) is 40.6 Å². The first kappa shape index (κ1) is 22.5. The van der Waals surface area contributed by atoms with Crippen molar-refractivity contribution in [2.75, 3.05) is 6.54 Å². The normalized spacial score (nSPS) is 13.2. The highest BCUT2D eigenvalue weighted by atomic mass is 19.4. The standard InChI is InChI=1S/C12H14F3N3O2.C2HF3O2/c1-18-8-4-7(2-3-9(8)20-11(18)19)6-17-10(5-16)12(13,14)15;3-2(4,5)1(6)7/h2-4,10,17H,5-6,16H2,1H3;(H,6,7). The van der Waals surface area contributed by atoms with Gasteiger partial charge in [-0.05, 0) is 17.7 Å². The van der Waals surface area contributed by atoms with Gasteiger partial charge in [0.1, 0.15) is 6.04 Å². The van der Waals surface area contributed by atoms with Gasteiger partial charge in [-0.3, -0.25) is 4.57 Å². The van der Waals surface area contributed by atoms with Crippen molar-refractivity contribution in [1.82, 2.24) is 9.88 Å². The highest BCUT2D eigenvalue weighted by molar-refractivity contribution is 5.73. The average molecular weight is 403 g/mol. The topological polar surface area (TPSA) is 110 Å². The molecule has 152 valence electrons. The van der Waals surface area contributed by atoms with E-state index in [4.69, 9.17) is 20.1 Å². The number of hydrogen-bond acceptors (Lipinski definition) is 5. The van der Waals surface area contributed by atoms with Gasteiger partial charge in [-0.25, -0.2) is 9.59 Å². The van der Waals surface area contributed by atoms with Crippen LogP contribution in [0.1, 0.15) is 5.56 Å². The third kappa shape index (κ3) is 6.29. The molecule has 1 aromatic carbocycles. The van der Waals surface area contributed by atoms with Crippen molar-refractivity contribution in [2.24, 2.45) is 12.8 Å². The van der Waals surface area contributed by atoms with Crippen LogP contribution >= 0.6 is 0 Å². The summed E-state index contributed by atoms with van der Waals surface area (Å²) in [5.41, 5.74) is 6.63. The molecule has 0 aliphatic heterocycles. The number of fused-ring (bicyclic) bond motifs is 1. The minimum Gasteiger partial charge on any atom is -0.475 e. The van der Waals surface area contributed by atoms with E-state index in [1.165, 1.54) is 11.6 Å². The maximum absolute atomic E-state index is 12.5. The number of nitrogens with zero attached hydrogens (tertiary/aromatic N) is 1. The number of rotatable bonds is 4. The second kappa shape index (κ2) is 8.43. The number of nitrogens with one attached hydrogen (secondary N) is 1. The number of aromatic nitrogens is 1. The molecule has 4 N–H and O–H groups in total. The van der Waals surface area contributed by atoms with Gasteiger partial charge >= 0.3 is 24.1 Å². The summed E-state index contributed by atoms with van der Waals surface area (Å²) < 4.78 is 75.6. The van der Waals surface area contributed by atoms with Gasteiger partial charge in [-0.2, -0.15) is 26.3 Å². The fourth-order valence-corrected chi connectivity index (χ4v) is 1.86. The summed E-state index contributed by atoms with van der Waals surface area (Å²) in [6, 6.07) is 3.00. The predicted octanol–water partition coefficient (Wildman–Crippen LogP) is 1.74. The molecule has 27 heavy (non-hydrogen) atoms. The summed E-state index contributed by atoms with van der Waals surface area (Å²) in [4.78, 5) is 20.2. The molecule has 2 aromatic rings. The van der Waals surface area contributed by atoms with Crippen LogP contribution in [0.5, 0.6) is 0 Å². The summed E-state index contributed by atoms with van der Waals surface area (Å²) >= 11 is 0. The molecule has 0 amide bonds. The van der Waals surface area contributed by atoms with Gasteiger partial charge in [0.25, 0.3) is 0 Å². The molecule has 2 rings (SSSR count). The van der Waals surface area contributed by atoms with Crippen LogP contribution in [0.4, 0.5) is 26.3 Å². The predicted molar refractivity (Wildman–Crippen MR) is 80.9 cm³/mol. The average Bonchev–Trinajstić information content (AvgIpc) is 2.81. The summed E-state index contributed by atoms with van der Waals surface area (Å²) in [5, 5.41) is 9.47. The van der Waals surface area contributed by atoms with Gasteiger partial charge in [-0.15, -0.1) is 0 Å². The van der Waals surface area contributed by atoms with Gasteiger partial charge in [0.15, 0.2) is 5.58 Å². The zero-order chi connectivity index (χ0) is 21.0. The highest BCUT2D eigenvalue weighted by Crippen LogP contribution is 2.20. The number of hydrogen-bond donors (Lipinski definition) is 3. The van der Waals surface area contributed by atoms with Crippen LogP contribution < -0.4 is 16.8 Å². The Morgan fingerprint density at radius 1 is 1.30 bits per heavy atom. The van der Waals surface area contributed by atoms with Crippen molar-refractivity contribution in [2.45, 2.75) is 24.9 Å². The van der Waals surface area contributed by atoms with Crippen LogP contribution in [0, 0.1) is 0 Å². The van der Waals surface area contributed by atoms with Gasteiger partial charge in [-0.1, -0.05) is 6.07 Å². The minimum atomic E-state index is -5.08. The Morgan fingerprint density at radius 2 is 1.85 bits per heavy atom. The van der Waals surface area contributed by atoms with Crippen molar-refractivity contribution in [3.63, 3.8) is 0 Å². The van der Waals surface area contributed by atoms with Gasteiger partial charge in [0.05, 0.1) is 5.52 Å². The molecule has 0 aliphatic rings. The Hall–Kier alpha value is -2.54. The van der Waals surface area contributed by atoms with E-state index in [2.05, 4.69) is 5.32 Å². The van der Waals surface area contributed by atoms with E-state index in [1.54, 1.807) is 18.2 Å². The lowest BCUT2D eigenvalue weighted by molar-refractivity contribution is -0.192. The number of benzene rings is 1. The second-order valence-electron chi connectivity index (χ2n) is 5.24. The molecule has 0 bridgehead atoms. The number of halogens is 6. The summed E-state index contributed by atoms with van der Waals surface area (Å²) in [7, 11) is 1.53. The van der Waals surface area contributed by atoms with E-state index in [0.29, 0.717) is 16.7 Å². The van der Waals surface area contributed by atoms with Crippen molar-refractivity contribution in [1.29, 1.82) is 0 Å². The maximum Gasteiger partial charge on any atom is 0.490 e. The number of alkyl halides is 6. The molecular formula is C14H15F6N3O4. The molecule has 0 spiro atoms.